The first-order chi connectivity index (χ1) is 10.4. The molecule has 0 bridgehead atoms. The van der Waals surface area contributed by atoms with Gasteiger partial charge in [0.15, 0.2) is 0 Å². The Morgan fingerprint density at radius 3 is 1.64 bits per heavy atom. The van der Waals surface area contributed by atoms with E-state index < -0.39 is 21.8 Å². The Labute approximate surface area is 126 Å². The molecule has 0 saturated carbocycles. The summed E-state index contributed by atoms with van der Waals surface area (Å²) in [5.74, 6) is -1.69. The summed E-state index contributed by atoms with van der Waals surface area (Å²) in [6, 6.07) is 10.2. The topological polar surface area (TPSA) is 97.7 Å². The van der Waals surface area contributed by atoms with Crippen molar-refractivity contribution in [1.29, 1.82) is 0 Å². The lowest BCUT2D eigenvalue weighted by Crippen LogP contribution is -2.05. The van der Waals surface area contributed by atoms with Crippen LogP contribution in [0.15, 0.2) is 58.3 Å². The van der Waals surface area contributed by atoms with Gasteiger partial charge < -0.3 is 9.84 Å². The Bertz CT molecular complexity index is 804. The van der Waals surface area contributed by atoms with E-state index in [1.165, 1.54) is 55.6 Å². The summed E-state index contributed by atoms with van der Waals surface area (Å²) in [5.41, 5.74) is 0.239. The fourth-order valence-corrected chi connectivity index (χ4v) is 3.06. The molecule has 0 saturated heterocycles. The molecule has 2 aromatic carbocycles. The van der Waals surface area contributed by atoms with E-state index in [0.717, 1.165) is 0 Å². The van der Waals surface area contributed by atoms with Gasteiger partial charge >= 0.3 is 11.9 Å². The molecule has 1 N–H and O–H groups in total. The monoisotopic (exact) mass is 320 g/mol. The van der Waals surface area contributed by atoms with Gasteiger partial charge in [0.2, 0.25) is 9.84 Å². The van der Waals surface area contributed by atoms with E-state index in [0.29, 0.717) is 0 Å². The molecule has 2 rings (SSSR count). The highest BCUT2D eigenvalue weighted by atomic mass is 32.2. The number of sulfone groups is 1. The van der Waals surface area contributed by atoms with Gasteiger partial charge in [-0.2, -0.15) is 0 Å². The van der Waals surface area contributed by atoms with Gasteiger partial charge in [0.25, 0.3) is 0 Å². The number of hydrogen-bond acceptors (Lipinski definition) is 5. The van der Waals surface area contributed by atoms with Crippen molar-refractivity contribution in [3.05, 3.63) is 59.7 Å². The van der Waals surface area contributed by atoms with E-state index in [1.54, 1.807) is 0 Å². The number of methoxy groups -OCH3 is 1. The zero-order valence-electron chi connectivity index (χ0n) is 11.5. The van der Waals surface area contributed by atoms with Gasteiger partial charge in [-0.1, -0.05) is 0 Å². The number of carbonyl (C=O) groups is 2. The Kier molecular flexibility index (Phi) is 4.27. The van der Waals surface area contributed by atoms with Gasteiger partial charge in [-0.15, -0.1) is 0 Å². The number of rotatable bonds is 4. The molecular weight excluding hydrogens is 308 g/mol. The number of aromatic carboxylic acids is 1. The Morgan fingerprint density at radius 1 is 0.864 bits per heavy atom. The number of hydrogen-bond donors (Lipinski definition) is 1. The molecule has 0 aliphatic rings. The lowest BCUT2D eigenvalue weighted by atomic mass is 10.2. The lowest BCUT2D eigenvalue weighted by Gasteiger charge is -2.06. The Hall–Kier alpha value is -2.67. The van der Waals surface area contributed by atoms with Crippen molar-refractivity contribution in [2.75, 3.05) is 7.11 Å². The van der Waals surface area contributed by atoms with E-state index >= 15 is 0 Å². The SMILES string of the molecule is COC(=O)c1ccc(S(=O)(=O)c2ccc(C(=O)O)cc2)cc1. The zero-order chi connectivity index (χ0) is 16.3. The summed E-state index contributed by atoms with van der Waals surface area (Å²) >= 11 is 0. The third kappa shape index (κ3) is 2.99. The summed E-state index contributed by atoms with van der Waals surface area (Å²) in [7, 11) is -2.54. The molecule has 7 heteroatoms. The molecule has 2 aromatic rings. The molecule has 0 fully saturated rings. The highest BCUT2D eigenvalue weighted by Crippen LogP contribution is 2.21. The van der Waals surface area contributed by atoms with E-state index in [4.69, 9.17) is 5.11 Å². The van der Waals surface area contributed by atoms with Crippen LogP contribution in [0.25, 0.3) is 0 Å². The van der Waals surface area contributed by atoms with Crippen molar-refractivity contribution in [2.24, 2.45) is 0 Å². The van der Waals surface area contributed by atoms with Gasteiger partial charge in [0.1, 0.15) is 0 Å². The van der Waals surface area contributed by atoms with Crippen LogP contribution in [-0.2, 0) is 14.6 Å². The normalized spacial score (nSPS) is 11.0. The van der Waals surface area contributed by atoms with Crippen LogP contribution in [0, 0.1) is 0 Å². The Morgan fingerprint density at radius 2 is 1.27 bits per heavy atom. The van der Waals surface area contributed by atoms with Gasteiger partial charge in [-0.25, -0.2) is 18.0 Å². The number of carboxylic acids is 1. The molecule has 0 unspecified atom stereocenters. The molecule has 0 aliphatic carbocycles. The minimum absolute atomic E-state index is 0.0000100. The minimum atomic E-state index is -3.78. The number of carboxylic acid groups (broad SMARTS) is 1. The number of benzene rings is 2. The smallest absolute Gasteiger partial charge is 0.337 e. The first-order valence-corrected chi connectivity index (χ1v) is 7.61. The van der Waals surface area contributed by atoms with Crippen molar-refractivity contribution in [2.45, 2.75) is 9.79 Å². The molecule has 0 radical (unpaired) electrons. The van der Waals surface area contributed by atoms with E-state index in [1.807, 2.05) is 0 Å². The molecule has 114 valence electrons. The molecule has 0 atom stereocenters. The van der Waals surface area contributed by atoms with Crippen LogP contribution < -0.4 is 0 Å². The lowest BCUT2D eigenvalue weighted by molar-refractivity contribution is 0.0599. The quantitative estimate of drug-likeness (QED) is 0.865. The average Bonchev–Trinajstić information content (AvgIpc) is 2.54. The second kappa shape index (κ2) is 5.98. The zero-order valence-corrected chi connectivity index (χ0v) is 12.3. The third-order valence-corrected chi connectivity index (χ3v) is 4.78. The van der Waals surface area contributed by atoms with Gasteiger partial charge in [-0.05, 0) is 48.5 Å². The van der Waals surface area contributed by atoms with E-state index in [-0.39, 0.29) is 20.9 Å². The minimum Gasteiger partial charge on any atom is -0.478 e. The van der Waals surface area contributed by atoms with Gasteiger partial charge in [0.05, 0.1) is 28.0 Å². The maximum atomic E-state index is 12.4. The molecule has 6 nitrogen and oxygen atoms in total. The van der Waals surface area contributed by atoms with Gasteiger partial charge in [0, 0.05) is 0 Å². The molecule has 0 aliphatic heterocycles. The van der Waals surface area contributed by atoms with E-state index in [2.05, 4.69) is 4.74 Å². The van der Waals surface area contributed by atoms with Crippen LogP contribution in [0.5, 0.6) is 0 Å². The van der Waals surface area contributed by atoms with E-state index in [9.17, 15) is 18.0 Å². The maximum Gasteiger partial charge on any atom is 0.337 e. The van der Waals surface area contributed by atoms with Crippen molar-refractivity contribution in [3.8, 4) is 0 Å². The maximum absolute atomic E-state index is 12.4. The summed E-state index contributed by atoms with van der Waals surface area (Å²) < 4.78 is 29.3. The standard InChI is InChI=1S/C15H12O6S/c1-21-15(18)11-4-8-13(9-5-11)22(19,20)12-6-2-10(3-7-12)14(16)17/h2-9H,1H3,(H,16,17). The second-order valence-corrected chi connectivity index (χ2v) is 6.30. The summed E-state index contributed by atoms with van der Waals surface area (Å²) in [5, 5.41) is 8.81. The fourth-order valence-electron chi connectivity index (χ4n) is 1.80. The second-order valence-electron chi connectivity index (χ2n) is 4.35. The third-order valence-electron chi connectivity index (χ3n) is 3.00. The molecule has 0 heterocycles. The first-order valence-electron chi connectivity index (χ1n) is 6.13. The van der Waals surface area contributed by atoms with Crippen LogP contribution in [-0.4, -0.2) is 32.6 Å². The number of esters is 1. The fraction of sp³-hybridized carbons (Fsp3) is 0.0667. The van der Waals surface area contributed by atoms with Crippen LogP contribution >= 0.6 is 0 Å². The van der Waals surface area contributed by atoms with Crippen molar-refractivity contribution in [1.82, 2.24) is 0 Å². The number of ether oxygens (including phenoxy) is 1. The van der Waals surface area contributed by atoms with Crippen LogP contribution in [0.3, 0.4) is 0 Å². The van der Waals surface area contributed by atoms with Crippen LogP contribution in [0.2, 0.25) is 0 Å². The van der Waals surface area contributed by atoms with Crippen molar-refractivity contribution >= 4 is 21.8 Å². The predicted molar refractivity (Wildman–Crippen MR) is 76.6 cm³/mol. The van der Waals surface area contributed by atoms with Crippen molar-refractivity contribution in [3.63, 3.8) is 0 Å². The summed E-state index contributed by atoms with van der Waals surface area (Å²) in [4.78, 5) is 22.1. The molecule has 0 aromatic heterocycles. The molecule has 0 amide bonds. The molecule has 22 heavy (non-hydrogen) atoms. The Balaban J connectivity index is 2.37. The van der Waals surface area contributed by atoms with Gasteiger partial charge in [-0.3, -0.25) is 0 Å². The molecule has 0 spiro atoms. The average molecular weight is 320 g/mol. The highest BCUT2D eigenvalue weighted by molar-refractivity contribution is 7.91. The van der Waals surface area contributed by atoms with Crippen LogP contribution in [0.1, 0.15) is 20.7 Å². The predicted octanol–water partition coefficient (Wildman–Crippen LogP) is 2.00. The summed E-state index contributed by atoms with van der Waals surface area (Å²) in [6.07, 6.45) is 0. The number of carbonyl (C=O) groups excluding carboxylic acids is 1. The van der Waals surface area contributed by atoms with Crippen LogP contribution in [0.4, 0.5) is 0 Å². The largest absolute Gasteiger partial charge is 0.478 e. The first kappa shape index (κ1) is 15.7. The molecular formula is C15H12O6S. The van der Waals surface area contributed by atoms with Crippen molar-refractivity contribution < 1.29 is 27.9 Å². The highest BCUT2D eigenvalue weighted by Gasteiger charge is 2.18. The summed E-state index contributed by atoms with van der Waals surface area (Å²) in [6.45, 7) is 0.